The first kappa shape index (κ1) is 29.2. The molecule has 0 bridgehead atoms. The quantitative estimate of drug-likeness (QED) is 0.397. The van der Waals surface area contributed by atoms with Crippen molar-refractivity contribution in [1.29, 1.82) is 0 Å². The molecule has 1 saturated carbocycles. The van der Waals surface area contributed by atoms with E-state index in [1.54, 1.807) is 0 Å². The maximum atomic E-state index is 14.3. The normalized spacial score (nSPS) is 23.7. The molecule has 0 saturated heterocycles. The van der Waals surface area contributed by atoms with Crippen LogP contribution in [0.4, 0.5) is 0 Å². The molecule has 218 valence electrons. The van der Waals surface area contributed by atoms with Gasteiger partial charge in [0.2, 0.25) is 0 Å². The Balaban J connectivity index is 1.44. The minimum Gasteiger partial charge on any atom is -0.345 e. The Morgan fingerprint density at radius 2 is 1.95 bits per heavy atom. The molecule has 3 aliphatic rings. The Labute approximate surface area is 246 Å². The third kappa shape index (κ3) is 6.15. The summed E-state index contributed by atoms with van der Waals surface area (Å²) in [5.41, 5.74) is 2.71. The highest BCUT2D eigenvalue weighted by Gasteiger charge is 2.52. The molecule has 1 fully saturated rings. The molecule has 41 heavy (non-hydrogen) atoms. The van der Waals surface area contributed by atoms with Crippen molar-refractivity contribution in [1.82, 2.24) is 30.8 Å². The van der Waals surface area contributed by atoms with E-state index in [0.717, 1.165) is 62.5 Å². The van der Waals surface area contributed by atoms with Crippen molar-refractivity contribution in [3.05, 3.63) is 64.0 Å². The number of rotatable bonds is 8. The van der Waals surface area contributed by atoms with Crippen LogP contribution in [0.25, 0.3) is 0 Å². The first-order valence-electron chi connectivity index (χ1n) is 14.7. The number of H-pyrrole nitrogens is 1. The van der Waals surface area contributed by atoms with E-state index in [-0.39, 0.29) is 29.8 Å². The lowest BCUT2D eigenvalue weighted by Crippen LogP contribution is -2.51. The van der Waals surface area contributed by atoms with Crippen molar-refractivity contribution in [2.45, 2.75) is 97.3 Å². The van der Waals surface area contributed by atoms with Crippen molar-refractivity contribution >= 4 is 29.1 Å². The number of aliphatic imine (C=N–C) groups is 1. The van der Waals surface area contributed by atoms with Gasteiger partial charge in [-0.3, -0.25) is 14.6 Å². The number of halogens is 1. The second kappa shape index (κ2) is 11.9. The Morgan fingerprint density at radius 3 is 2.56 bits per heavy atom. The molecule has 10 heteroatoms. The van der Waals surface area contributed by atoms with E-state index in [4.69, 9.17) is 16.6 Å². The zero-order valence-electron chi connectivity index (χ0n) is 24.4. The van der Waals surface area contributed by atoms with Crippen LogP contribution in [0, 0.1) is 11.3 Å². The molecule has 1 aliphatic heterocycles. The second-order valence-corrected chi connectivity index (χ2v) is 12.9. The summed E-state index contributed by atoms with van der Waals surface area (Å²) in [6.07, 6.45) is 11.0. The average Bonchev–Trinajstić information content (AvgIpc) is 3.57. The second-order valence-electron chi connectivity index (χ2n) is 12.5. The highest BCUT2D eigenvalue weighted by Crippen LogP contribution is 2.50. The van der Waals surface area contributed by atoms with Crippen molar-refractivity contribution in [3.8, 4) is 0 Å². The van der Waals surface area contributed by atoms with Crippen molar-refractivity contribution < 1.29 is 9.59 Å². The molecule has 2 N–H and O–H groups in total. The Bertz CT molecular complexity index is 1350. The number of nitrogens with one attached hydrogen (secondary N) is 2. The van der Waals surface area contributed by atoms with E-state index in [2.05, 4.69) is 58.5 Å². The van der Waals surface area contributed by atoms with Gasteiger partial charge in [0.1, 0.15) is 11.4 Å². The van der Waals surface area contributed by atoms with Crippen LogP contribution in [0.15, 0.2) is 52.0 Å². The van der Waals surface area contributed by atoms with Crippen LogP contribution in [-0.4, -0.2) is 48.7 Å². The topological polar surface area (TPSA) is 116 Å². The average molecular weight is 578 g/mol. The first-order valence-corrected chi connectivity index (χ1v) is 15.1. The van der Waals surface area contributed by atoms with Gasteiger partial charge in [-0.15, -0.1) is 10.2 Å². The fourth-order valence-electron chi connectivity index (χ4n) is 6.50. The predicted molar refractivity (Wildman–Crippen MR) is 159 cm³/mol. The Kier molecular flexibility index (Phi) is 8.45. The third-order valence-electron chi connectivity index (χ3n) is 8.80. The maximum Gasteiger partial charge on any atom is 0.274 e. The van der Waals surface area contributed by atoms with Gasteiger partial charge in [0, 0.05) is 10.6 Å². The molecule has 2 aromatic rings. The molecule has 0 radical (unpaired) electrons. The predicted octanol–water partition coefficient (Wildman–Crippen LogP) is 6.03. The lowest BCUT2D eigenvalue weighted by atomic mass is 9.69. The van der Waals surface area contributed by atoms with Crippen molar-refractivity contribution in [2.75, 3.05) is 0 Å². The lowest BCUT2D eigenvalue weighted by Gasteiger charge is -2.47. The van der Waals surface area contributed by atoms with E-state index in [0.29, 0.717) is 28.0 Å². The van der Waals surface area contributed by atoms with Crippen LogP contribution in [0.2, 0.25) is 0 Å². The number of aromatic nitrogens is 4. The number of tetrazole rings is 1. The number of nitrogens with zero attached hydrogens (tertiary/aromatic N) is 5. The maximum absolute atomic E-state index is 14.3. The number of carbonyl (C=O) groups excluding carboxylic acids is 2. The van der Waals surface area contributed by atoms with E-state index < -0.39 is 5.66 Å². The smallest absolute Gasteiger partial charge is 0.274 e. The number of hydrogen-bond acceptors (Lipinski definition) is 6. The Hall–Kier alpha value is -3.33. The molecular formula is C31H40ClN7O2. The SMILES string of the molecule is CCCC(c1ccc(C(=O)NCc2nn[nH]n2)cc1)N1C(=O)C(C2=CC(Cl)=CCC2)=NC12CCC(C(C)(C)C)CC2. The van der Waals surface area contributed by atoms with Gasteiger partial charge in [0.15, 0.2) is 5.82 Å². The molecule has 2 amide bonds. The van der Waals surface area contributed by atoms with Crippen LogP contribution in [0.1, 0.15) is 107 Å². The van der Waals surface area contributed by atoms with E-state index >= 15 is 0 Å². The summed E-state index contributed by atoms with van der Waals surface area (Å²) in [6, 6.07) is 7.45. The summed E-state index contributed by atoms with van der Waals surface area (Å²) >= 11 is 6.38. The first-order chi connectivity index (χ1) is 19.6. The molecule has 1 aromatic carbocycles. The van der Waals surface area contributed by atoms with Crippen molar-refractivity contribution in [3.63, 3.8) is 0 Å². The summed E-state index contributed by atoms with van der Waals surface area (Å²) in [7, 11) is 0. The molecule has 1 spiro atoms. The molecule has 5 rings (SSSR count). The van der Waals surface area contributed by atoms with Gasteiger partial charge in [0.05, 0.1) is 12.6 Å². The molecule has 1 atom stereocenters. The van der Waals surface area contributed by atoms with Gasteiger partial charge in [-0.1, -0.05) is 69.1 Å². The zero-order chi connectivity index (χ0) is 29.2. The summed E-state index contributed by atoms with van der Waals surface area (Å²) in [6.45, 7) is 9.26. The van der Waals surface area contributed by atoms with Gasteiger partial charge in [0.25, 0.3) is 11.8 Å². The van der Waals surface area contributed by atoms with Crippen LogP contribution in [0.5, 0.6) is 0 Å². The minimum atomic E-state index is -0.566. The highest BCUT2D eigenvalue weighted by molar-refractivity contribution is 6.47. The zero-order valence-corrected chi connectivity index (χ0v) is 25.2. The van der Waals surface area contributed by atoms with Gasteiger partial charge in [-0.25, -0.2) is 0 Å². The summed E-state index contributed by atoms with van der Waals surface area (Å²) < 4.78 is 0. The van der Waals surface area contributed by atoms with E-state index in [1.165, 1.54) is 0 Å². The molecule has 2 aliphatic carbocycles. The van der Waals surface area contributed by atoms with E-state index in [9.17, 15) is 9.59 Å². The lowest BCUT2D eigenvalue weighted by molar-refractivity contribution is -0.133. The minimum absolute atomic E-state index is 0.00259. The summed E-state index contributed by atoms with van der Waals surface area (Å²) in [5.74, 6) is 0.780. The fraction of sp³-hybridized carbons (Fsp3) is 0.548. The highest BCUT2D eigenvalue weighted by atomic mass is 35.5. The largest absolute Gasteiger partial charge is 0.345 e. The molecule has 1 unspecified atom stereocenters. The van der Waals surface area contributed by atoms with E-state index in [1.807, 2.05) is 36.4 Å². The number of benzene rings is 1. The van der Waals surface area contributed by atoms with Gasteiger partial charge >= 0.3 is 0 Å². The molecular weight excluding hydrogens is 538 g/mol. The number of aromatic amines is 1. The standard InChI is InChI=1S/C31H40ClN7O2/c1-5-7-25(20-10-12-21(13-11-20)28(40)33-19-26-35-37-38-36-26)39-29(41)27(22-8-6-9-24(32)18-22)34-31(39)16-14-23(15-17-31)30(2,3)4/h9-13,18,23,25H,5-8,14-17,19H2,1-4H3,(H,33,40)(H,35,36,37,38). The van der Waals surface area contributed by atoms with Crippen LogP contribution < -0.4 is 5.32 Å². The van der Waals surface area contributed by atoms with Crippen molar-refractivity contribution in [2.24, 2.45) is 16.3 Å². The van der Waals surface area contributed by atoms with Crippen LogP contribution in [-0.2, 0) is 11.3 Å². The third-order valence-corrected chi connectivity index (χ3v) is 9.06. The fourth-order valence-corrected chi connectivity index (χ4v) is 6.74. The van der Waals surface area contributed by atoms with Gasteiger partial charge in [-0.05, 0) is 85.6 Å². The monoisotopic (exact) mass is 577 g/mol. The number of carbonyl (C=O) groups is 2. The Morgan fingerprint density at radius 1 is 1.22 bits per heavy atom. The summed E-state index contributed by atoms with van der Waals surface area (Å²) in [4.78, 5) is 34.5. The van der Waals surface area contributed by atoms with Crippen LogP contribution in [0.3, 0.4) is 0 Å². The van der Waals surface area contributed by atoms with Crippen LogP contribution >= 0.6 is 11.6 Å². The number of hydrogen-bond donors (Lipinski definition) is 2. The molecule has 1 aromatic heterocycles. The van der Waals surface area contributed by atoms with Gasteiger partial charge < -0.3 is 10.2 Å². The summed E-state index contributed by atoms with van der Waals surface area (Å²) in [5, 5.41) is 17.1. The molecule has 2 heterocycles. The number of amides is 2. The molecule has 9 nitrogen and oxygen atoms in total. The van der Waals surface area contributed by atoms with Gasteiger partial charge in [-0.2, -0.15) is 5.21 Å². The number of allylic oxidation sites excluding steroid dienone is 3.